The van der Waals surface area contributed by atoms with Gasteiger partial charge in [-0.05, 0) is 43.9 Å². The zero-order valence-corrected chi connectivity index (χ0v) is 13.5. The first-order valence-corrected chi connectivity index (χ1v) is 7.27. The Morgan fingerprint density at radius 1 is 1.30 bits per heavy atom. The van der Waals surface area contributed by atoms with Gasteiger partial charge in [0, 0.05) is 0 Å². The standard InChI is InChI=1S/C15H16N6O.ClH/c1-10-4-2-5-11(8-10)21-9-12(18-20-21)13-17-14(19-22-13)15(16)6-3-7-15;/h2,4-5,8-9H,3,6-7,16H2,1H3;1H. The molecule has 2 aromatic heterocycles. The number of rotatable bonds is 3. The fourth-order valence-electron chi connectivity index (χ4n) is 2.57. The third kappa shape index (κ3) is 2.73. The molecule has 23 heavy (non-hydrogen) atoms. The molecule has 1 aliphatic rings. The van der Waals surface area contributed by atoms with Crippen molar-refractivity contribution >= 4 is 12.4 Å². The van der Waals surface area contributed by atoms with Crippen LogP contribution in [0.5, 0.6) is 0 Å². The van der Waals surface area contributed by atoms with Crippen molar-refractivity contribution in [3.05, 3.63) is 41.9 Å². The monoisotopic (exact) mass is 332 g/mol. The van der Waals surface area contributed by atoms with Gasteiger partial charge in [0.25, 0.3) is 5.89 Å². The zero-order valence-electron chi connectivity index (χ0n) is 12.6. The van der Waals surface area contributed by atoms with Crippen molar-refractivity contribution in [2.45, 2.75) is 31.7 Å². The molecule has 0 aliphatic heterocycles. The fourth-order valence-corrected chi connectivity index (χ4v) is 2.57. The van der Waals surface area contributed by atoms with Crippen LogP contribution in [-0.4, -0.2) is 25.1 Å². The molecule has 1 aromatic carbocycles. The van der Waals surface area contributed by atoms with Crippen molar-refractivity contribution in [2.24, 2.45) is 5.73 Å². The molecule has 0 amide bonds. The largest absolute Gasteiger partial charge is 0.332 e. The predicted octanol–water partition coefficient (Wildman–Crippen LogP) is 2.39. The van der Waals surface area contributed by atoms with Crippen molar-refractivity contribution in [1.29, 1.82) is 0 Å². The highest BCUT2D eigenvalue weighted by Gasteiger charge is 2.39. The summed E-state index contributed by atoms with van der Waals surface area (Å²) in [4.78, 5) is 4.38. The first-order valence-electron chi connectivity index (χ1n) is 7.27. The number of halogens is 1. The molecule has 8 heteroatoms. The molecule has 0 atom stereocenters. The van der Waals surface area contributed by atoms with E-state index in [-0.39, 0.29) is 12.4 Å². The summed E-state index contributed by atoms with van der Waals surface area (Å²) in [6, 6.07) is 8.01. The minimum absolute atomic E-state index is 0. The Morgan fingerprint density at radius 3 is 2.83 bits per heavy atom. The van der Waals surface area contributed by atoms with Crippen LogP contribution >= 0.6 is 12.4 Å². The van der Waals surface area contributed by atoms with Crippen LogP contribution in [0.3, 0.4) is 0 Å². The number of benzene rings is 1. The van der Waals surface area contributed by atoms with Gasteiger partial charge in [-0.3, -0.25) is 0 Å². The molecule has 0 saturated heterocycles. The summed E-state index contributed by atoms with van der Waals surface area (Å²) < 4.78 is 6.98. The molecule has 1 fully saturated rings. The molecule has 0 bridgehead atoms. The van der Waals surface area contributed by atoms with E-state index in [4.69, 9.17) is 10.3 Å². The van der Waals surface area contributed by atoms with Crippen molar-refractivity contribution < 1.29 is 4.52 Å². The third-order valence-corrected chi connectivity index (χ3v) is 4.10. The van der Waals surface area contributed by atoms with E-state index in [1.807, 2.05) is 31.2 Å². The Labute approximate surface area is 139 Å². The van der Waals surface area contributed by atoms with E-state index in [0.29, 0.717) is 17.4 Å². The summed E-state index contributed by atoms with van der Waals surface area (Å²) in [6.45, 7) is 2.03. The van der Waals surface area contributed by atoms with Gasteiger partial charge in [0.05, 0.1) is 17.4 Å². The quantitative estimate of drug-likeness (QED) is 0.791. The Balaban J connectivity index is 0.00000156. The van der Waals surface area contributed by atoms with Gasteiger partial charge in [0.2, 0.25) is 0 Å². The van der Waals surface area contributed by atoms with E-state index in [9.17, 15) is 0 Å². The fraction of sp³-hybridized carbons (Fsp3) is 0.333. The molecular weight excluding hydrogens is 316 g/mol. The maximum absolute atomic E-state index is 6.20. The molecule has 120 valence electrons. The lowest BCUT2D eigenvalue weighted by Gasteiger charge is -2.34. The highest BCUT2D eigenvalue weighted by molar-refractivity contribution is 5.85. The second-order valence-corrected chi connectivity index (χ2v) is 5.82. The Morgan fingerprint density at radius 2 is 2.13 bits per heavy atom. The molecule has 7 nitrogen and oxygen atoms in total. The number of aromatic nitrogens is 5. The second-order valence-electron chi connectivity index (χ2n) is 5.82. The van der Waals surface area contributed by atoms with Crippen LogP contribution in [0.15, 0.2) is 35.0 Å². The molecule has 1 saturated carbocycles. The van der Waals surface area contributed by atoms with E-state index in [2.05, 4.69) is 20.5 Å². The van der Waals surface area contributed by atoms with Crippen LogP contribution in [0, 0.1) is 6.92 Å². The third-order valence-electron chi connectivity index (χ3n) is 4.10. The maximum atomic E-state index is 6.20. The van der Waals surface area contributed by atoms with Crippen molar-refractivity contribution in [1.82, 2.24) is 25.1 Å². The summed E-state index contributed by atoms with van der Waals surface area (Å²) >= 11 is 0. The van der Waals surface area contributed by atoms with Crippen LogP contribution in [-0.2, 0) is 5.54 Å². The molecule has 2 heterocycles. The van der Waals surface area contributed by atoms with Gasteiger partial charge in [-0.1, -0.05) is 22.5 Å². The van der Waals surface area contributed by atoms with Crippen LogP contribution in [0.2, 0.25) is 0 Å². The van der Waals surface area contributed by atoms with Crippen LogP contribution in [0.25, 0.3) is 17.3 Å². The van der Waals surface area contributed by atoms with Crippen molar-refractivity contribution in [3.63, 3.8) is 0 Å². The molecule has 1 aliphatic carbocycles. The lowest BCUT2D eigenvalue weighted by atomic mass is 9.77. The van der Waals surface area contributed by atoms with E-state index >= 15 is 0 Å². The Hall–Kier alpha value is -2.25. The second kappa shape index (κ2) is 5.75. The minimum atomic E-state index is -0.436. The van der Waals surface area contributed by atoms with Crippen LogP contribution in [0.4, 0.5) is 0 Å². The normalized spacial score (nSPS) is 15.7. The van der Waals surface area contributed by atoms with Crippen LogP contribution < -0.4 is 5.73 Å². The number of hydrogen-bond acceptors (Lipinski definition) is 6. The van der Waals surface area contributed by atoms with Gasteiger partial charge >= 0.3 is 0 Å². The number of aryl methyl sites for hydroxylation is 1. The maximum Gasteiger partial charge on any atom is 0.280 e. The molecule has 0 spiro atoms. The first kappa shape index (κ1) is 15.6. The van der Waals surface area contributed by atoms with Crippen molar-refractivity contribution in [2.75, 3.05) is 0 Å². The van der Waals surface area contributed by atoms with E-state index < -0.39 is 5.54 Å². The van der Waals surface area contributed by atoms with Gasteiger partial charge in [0.1, 0.15) is 0 Å². The smallest absolute Gasteiger partial charge is 0.280 e. The lowest BCUT2D eigenvalue weighted by molar-refractivity contribution is 0.229. The van der Waals surface area contributed by atoms with Gasteiger partial charge in [-0.25, -0.2) is 4.68 Å². The summed E-state index contributed by atoms with van der Waals surface area (Å²) in [5.41, 5.74) is 8.41. The molecular formula is C15H17ClN6O. The number of nitrogens with two attached hydrogens (primary N) is 1. The molecule has 3 aromatic rings. The average Bonchev–Trinajstić information content (AvgIpc) is 3.14. The predicted molar refractivity (Wildman–Crippen MR) is 86.4 cm³/mol. The minimum Gasteiger partial charge on any atom is -0.332 e. The van der Waals surface area contributed by atoms with Gasteiger partial charge in [-0.15, -0.1) is 17.5 Å². The Bertz CT molecular complexity index is 823. The molecule has 4 rings (SSSR count). The summed E-state index contributed by atoms with van der Waals surface area (Å²) in [6.07, 6.45) is 4.66. The molecule has 0 unspecified atom stereocenters. The average molecular weight is 333 g/mol. The summed E-state index contributed by atoms with van der Waals surface area (Å²) in [5.74, 6) is 0.907. The highest BCUT2D eigenvalue weighted by atomic mass is 35.5. The summed E-state index contributed by atoms with van der Waals surface area (Å²) in [7, 11) is 0. The van der Waals surface area contributed by atoms with Gasteiger partial charge in [0.15, 0.2) is 11.5 Å². The SMILES string of the molecule is Cc1cccc(-n2cc(-c3nc(C4(N)CCC4)no3)nn2)c1.Cl. The van der Waals surface area contributed by atoms with Gasteiger partial charge in [-0.2, -0.15) is 4.98 Å². The topological polar surface area (TPSA) is 95.7 Å². The van der Waals surface area contributed by atoms with Gasteiger partial charge < -0.3 is 10.3 Å². The van der Waals surface area contributed by atoms with E-state index in [0.717, 1.165) is 30.5 Å². The molecule has 0 radical (unpaired) electrons. The van der Waals surface area contributed by atoms with E-state index in [1.165, 1.54) is 0 Å². The Kier molecular flexibility index (Phi) is 3.91. The lowest BCUT2D eigenvalue weighted by Crippen LogP contribution is -2.44. The number of nitrogens with zero attached hydrogens (tertiary/aromatic N) is 5. The van der Waals surface area contributed by atoms with Crippen molar-refractivity contribution in [3.8, 4) is 17.3 Å². The first-order chi connectivity index (χ1) is 10.6. The summed E-state index contributed by atoms with van der Waals surface area (Å²) in [5, 5.41) is 12.2. The van der Waals surface area contributed by atoms with E-state index in [1.54, 1.807) is 10.9 Å². The highest BCUT2D eigenvalue weighted by Crippen LogP contribution is 2.37. The zero-order chi connectivity index (χ0) is 15.2. The van der Waals surface area contributed by atoms with Crippen LogP contribution in [0.1, 0.15) is 30.7 Å². The number of hydrogen-bond donors (Lipinski definition) is 1. The molecule has 2 N–H and O–H groups in total.